The second kappa shape index (κ2) is 8.57. The van der Waals surface area contributed by atoms with Crippen molar-refractivity contribution in [3.8, 4) is 5.75 Å². The minimum Gasteiger partial charge on any atom is -0.495 e. The first-order valence-corrected chi connectivity index (χ1v) is 10.5. The van der Waals surface area contributed by atoms with Gasteiger partial charge in [-0.25, -0.2) is 13.1 Å². The van der Waals surface area contributed by atoms with E-state index in [1.165, 1.54) is 19.2 Å². The molecule has 1 aromatic rings. The first-order chi connectivity index (χ1) is 12.3. The van der Waals surface area contributed by atoms with Crippen molar-refractivity contribution in [2.75, 3.05) is 20.2 Å². The lowest BCUT2D eigenvalue weighted by Crippen LogP contribution is -2.54. The molecule has 1 aliphatic heterocycles. The maximum atomic E-state index is 13.0. The predicted molar refractivity (Wildman–Crippen MR) is 113 cm³/mol. The van der Waals surface area contributed by atoms with Crippen molar-refractivity contribution < 1.29 is 17.9 Å². The first kappa shape index (κ1) is 24.7. The Kier molecular flexibility index (Phi) is 7.55. The number of halogens is 1. The Hall–Kier alpha value is -1.35. The molecule has 1 aromatic carbocycles. The zero-order chi connectivity index (χ0) is 20.6. The van der Waals surface area contributed by atoms with Crippen LogP contribution in [0.1, 0.15) is 51.4 Å². The number of nitrogens with two attached hydrogens (primary N) is 1. The highest BCUT2D eigenvalue weighted by molar-refractivity contribution is 7.89. The van der Waals surface area contributed by atoms with Gasteiger partial charge in [-0.2, -0.15) is 0 Å². The molecular formula is C19H32ClN3O4S. The number of likely N-dealkylation sites (tertiary alicyclic amines) is 1. The van der Waals surface area contributed by atoms with Crippen LogP contribution in [-0.2, 0) is 10.0 Å². The van der Waals surface area contributed by atoms with Crippen LogP contribution in [0.2, 0.25) is 0 Å². The van der Waals surface area contributed by atoms with E-state index in [-0.39, 0.29) is 40.4 Å². The maximum absolute atomic E-state index is 13.0. The third-order valence-corrected chi connectivity index (χ3v) is 6.52. The van der Waals surface area contributed by atoms with Gasteiger partial charge in [0.15, 0.2) is 0 Å². The number of nitrogens with one attached hydrogen (secondary N) is 1. The molecular weight excluding hydrogens is 402 g/mol. The summed E-state index contributed by atoms with van der Waals surface area (Å²) in [6.07, 6.45) is 0.714. The Morgan fingerprint density at radius 2 is 1.93 bits per heavy atom. The maximum Gasteiger partial charge on any atom is 0.253 e. The van der Waals surface area contributed by atoms with Crippen LogP contribution >= 0.6 is 12.4 Å². The van der Waals surface area contributed by atoms with Gasteiger partial charge in [0.25, 0.3) is 5.91 Å². The molecule has 0 bridgehead atoms. The third-order valence-electron chi connectivity index (χ3n) is 4.74. The Morgan fingerprint density at radius 3 is 2.43 bits per heavy atom. The van der Waals surface area contributed by atoms with Gasteiger partial charge in [-0.15, -0.1) is 12.4 Å². The monoisotopic (exact) mass is 433 g/mol. The van der Waals surface area contributed by atoms with Gasteiger partial charge in [0.05, 0.1) is 7.11 Å². The van der Waals surface area contributed by atoms with Crippen molar-refractivity contribution in [3.05, 3.63) is 23.8 Å². The van der Waals surface area contributed by atoms with Crippen LogP contribution in [0, 0.1) is 5.41 Å². The second-order valence-electron chi connectivity index (χ2n) is 8.83. The predicted octanol–water partition coefficient (Wildman–Crippen LogP) is 2.39. The SMILES string of the molecule is COc1ccc(C(=O)N2CCC(N)C(C)(C)C2)cc1S(=O)(=O)NC(C)(C)C.Cl. The van der Waals surface area contributed by atoms with Crippen LogP contribution in [-0.4, -0.2) is 51.0 Å². The standard InChI is InChI=1S/C19H31N3O4S.ClH/c1-18(2,3)21-27(24,25)15-11-13(7-8-14(15)26-6)17(23)22-10-9-16(20)19(4,5)12-22;/h7-8,11,16,21H,9-10,12,20H2,1-6H3;1H. The van der Waals surface area contributed by atoms with Gasteiger partial charge in [0.1, 0.15) is 10.6 Å². The Balaban J connectivity index is 0.00000392. The summed E-state index contributed by atoms with van der Waals surface area (Å²) < 4.78 is 33.4. The smallest absolute Gasteiger partial charge is 0.253 e. The normalized spacial score (nSPS) is 19.7. The number of piperidine rings is 1. The molecule has 0 aromatic heterocycles. The Bertz CT molecular complexity index is 819. The Labute approximate surface area is 174 Å². The highest BCUT2D eigenvalue weighted by atomic mass is 35.5. The summed E-state index contributed by atoms with van der Waals surface area (Å²) in [6, 6.07) is 4.53. The van der Waals surface area contributed by atoms with Crippen LogP contribution in [0.15, 0.2) is 23.1 Å². The summed E-state index contributed by atoms with van der Waals surface area (Å²) in [5.41, 5.74) is 5.62. The van der Waals surface area contributed by atoms with Gasteiger partial charge in [-0.1, -0.05) is 13.8 Å². The van der Waals surface area contributed by atoms with Crippen LogP contribution in [0.25, 0.3) is 0 Å². The molecule has 0 spiro atoms. The zero-order valence-electron chi connectivity index (χ0n) is 17.4. The summed E-state index contributed by atoms with van der Waals surface area (Å²) in [5, 5.41) is 0. The quantitative estimate of drug-likeness (QED) is 0.759. The lowest BCUT2D eigenvalue weighted by atomic mass is 9.79. The van der Waals surface area contributed by atoms with Gasteiger partial charge >= 0.3 is 0 Å². The zero-order valence-corrected chi connectivity index (χ0v) is 19.0. The fourth-order valence-electron chi connectivity index (χ4n) is 3.21. The molecule has 1 saturated heterocycles. The molecule has 1 unspecified atom stereocenters. The average Bonchev–Trinajstić information content (AvgIpc) is 2.54. The number of hydrogen-bond donors (Lipinski definition) is 2. The molecule has 2 rings (SSSR count). The molecule has 0 aliphatic carbocycles. The number of sulfonamides is 1. The molecule has 9 heteroatoms. The molecule has 7 nitrogen and oxygen atoms in total. The van der Waals surface area contributed by atoms with Crippen LogP contribution in [0.3, 0.4) is 0 Å². The van der Waals surface area contributed by atoms with Gasteiger partial charge in [-0.3, -0.25) is 4.79 Å². The van der Waals surface area contributed by atoms with E-state index in [4.69, 9.17) is 10.5 Å². The summed E-state index contributed by atoms with van der Waals surface area (Å²) in [5.74, 6) is -0.00543. The number of amides is 1. The summed E-state index contributed by atoms with van der Waals surface area (Å²) in [6.45, 7) is 10.4. The second-order valence-corrected chi connectivity index (χ2v) is 10.5. The molecule has 0 radical (unpaired) electrons. The third kappa shape index (κ3) is 5.59. The van der Waals surface area contributed by atoms with Crippen molar-refractivity contribution in [3.63, 3.8) is 0 Å². The van der Waals surface area contributed by atoms with Crippen molar-refractivity contribution in [1.82, 2.24) is 9.62 Å². The largest absolute Gasteiger partial charge is 0.495 e. The number of benzene rings is 1. The molecule has 0 saturated carbocycles. The van der Waals surface area contributed by atoms with Gasteiger partial charge in [0, 0.05) is 30.2 Å². The summed E-state index contributed by atoms with van der Waals surface area (Å²) >= 11 is 0. The van der Waals surface area contributed by atoms with E-state index in [2.05, 4.69) is 4.72 Å². The van der Waals surface area contributed by atoms with Crippen molar-refractivity contribution in [2.24, 2.45) is 11.1 Å². The number of nitrogens with zero attached hydrogens (tertiary/aromatic N) is 1. The minimum atomic E-state index is -3.84. The number of rotatable bonds is 4. The van der Waals surface area contributed by atoms with Crippen molar-refractivity contribution in [1.29, 1.82) is 0 Å². The topological polar surface area (TPSA) is 102 Å². The number of carbonyl (C=O) groups is 1. The lowest BCUT2D eigenvalue weighted by Gasteiger charge is -2.42. The van der Waals surface area contributed by atoms with Crippen LogP contribution in [0.4, 0.5) is 0 Å². The molecule has 1 heterocycles. The fraction of sp³-hybridized carbons (Fsp3) is 0.632. The van der Waals surface area contributed by atoms with Crippen LogP contribution in [0.5, 0.6) is 5.75 Å². The molecule has 3 N–H and O–H groups in total. The number of carbonyl (C=O) groups excluding carboxylic acids is 1. The van der Waals surface area contributed by atoms with Gasteiger partial charge in [-0.05, 0) is 50.8 Å². The highest BCUT2D eigenvalue weighted by Crippen LogP contribution is 2.30. The van der Waals surface area contributed by atoms with Crippen molar-refractivity contribution >= 4 is 28.3 Å². The molecule has 28 heavy (non-hydrogen) atoms. The van der Waals surface area contributed by atoms with E-state index in [1.54, 1.807) is 31.7 Å². The van der Waals surface area contributed by atoms with E-state index in [0.29, 0.717) is 25.1 Å². The van der Waals surface area contributed by atoms with E-state index in [0.717, 1.165) is 0 Å². The Morgan fingerprint density at radius 1 is 1.32 bits per heavy atom. The molecule has 160 valence electrons. The number of hydrogen-bond acceptors (Lipinski definition) is 5. The van der Waals surface area contributed by atoms with E-state index >= 15 is 0 Å². The average molecular weight is 434 g/mol. The van der Waals surface area contributed by atoms with Gasteiger partial charge < -0.3 is 15.4 Å². The molecule has 1 fully saturated rings. The lowest BCUT2D eigenvalue weighted by molar-refractivity contribution is 0.0532. The molecule has 1 amide bonds. The molecule has 1 atom stereocenters. The van der Waals surface area contributed by atoms with E-state index < -0.39 is 15.6 Å². The van der Waals surface area contributed by atoms with Crippen molar-refractivity contribution in [2.45, 2.75) is 57.5 Å². The minimum absolute atomic E-state index is 0. The number of methoxy groups -OCH3 is 1. The van der Waals surface area contributed by atoms with E-state index in [9.17, 15) is 13.2 Å². The highest BCUT2D eigenvalue weighted by Gasteiger charge is 2.36. The summed E-state index contributed by atoms with van der Waals surface area (Å²) in [7, 11) is -2.44. The van der Waals surface area contributed by atoms with Gasteiger partial charge in [0.2, 0.25) is 10.0 Å². The summed E-state index contributed by atoms with van der Waals surface area (Å²) in [4.78, 5) is 14.7. The fourth-order valence-corrected chi connectivity index (χ4v) is 4.82. The number of ether oxygens (including phenoxy) is 1. The molecule has 1 aliphatic rings. The van der Waals surface area contributed by atoms with E-state index in [1.807, 2.05) is 13.8 Å². The van der Waals surface area contributed by atoms with Crippen LogP contribution < -0.4 is 15.2 Å². The first-order valence-electron chi connectivity index (χ1n) is 9.04.